The van der Waals surface area contributed by atoms with E-state index in [0.29, 0.717) is 0 Å². The van der Waals surface area contributed by atoms with E-state index in [1.807, 2.05) is 44.2 Å². The number of hydrogen-bond acceptors (Lipinski definition) is 1. The first-order valence-corrected chi connectivity index (χ1v) is 6.76. The topological polar surface area (TPSA) is 3.24 Å². The number of benzene rings is 1. The summed E-state index contributed by atoms with van der Waals surface area (Å²) in [5.41, 5.74) is 2.44. The molecule has 106 valence electrons. The number of allylic oxidation sites excluding steroid dienone is 3. The molecule has 0 heterocycles. The van der Waals surface area contributed by atoms with Gasteiger partial charge >= 0.3 is 0 Å². The van der Waals surface area contributed by atoms with Crippen molar-refractivity contribution in [3.63, 3.8) is 0 Å². The molecular weight excluding hydrogens is 254 g/mol. The van der Waals surface area contributed by atoms with E-state index in [-0.39, 0.29) is 0 Å². The van der Waals surface area contributed by atoms with Crippen LogP contribution in [0.4, 0.5) is 0 Å². The smallest absolute Gasteiger partial charge is 0.0423 e. The molecule has 0 aliphatic carbocycles. The largest absolute Gasteiger partial charge is 0.374 e. The molecule has 0 spiro atoms. The van der Waals surface area contributed by atoms with Crippen LogP contribution < -0.4 is 0 Å². The van der Waals surface area contributed by atoms with E-state index in [1.165, 1.54) is 11.3 Å². The Balaban J connectivity index is 0. The van der Waals surface area contributed by atoms with Crippen molar-refractivity contribution in [2.24, 2.45) is 0 Å². The summed E-state index contributed by atoms with van der Waals surface area (Å²) in [6.45, 7) is 16.6. The van der Waals surface area contributed by atoms with E-state index in [4.69, 9.17) is 11.6 Å². The summed E-state index contributed by atoms with van der Waals surface area (Å²) in [7, 11) is 2.06. The van der Waals surface area contributed by atoms with Gasteiger partial charge in [-0.3, -0.25) is 0 Å². The average molecular weight is 280 g/mol. The lowest BCUT2D eigenvalue weighted by Gasteiger charge is -2.19. The van der Waals surface area contributed by atoms with Crippen LogP contribution in [-0.4, -0.2) is 11.9 Å². The molecule has 1 nitrogen and oxygen atoms in total. The van der Waals surface area contributed by atoms with Crippen molar-refractivity contribution in [2.75, 3.05) is 7.05 Å². The zero-order valence-electron chi connectivity index (χ0n) is 12.6. The molecule has 2 heteroatoms. The van der Waals surface area contributed by atoms with E-state index in [2.05, 4.69) is 38.6 Å². The number of hydrogen-bond donors (Lipinski definition) is 0. The first-order chi connectivity index (χ1) is 9.13. The summed E-state index contributed by atoms with van der Waals surface area (Å²) in [5.74, 6) is 0. The molecular formula is C17H26ClN. The Morgan fingerprint density at radius 1 is 1.21 bits per heavy atom. The van der Waals surface area contributed by atoms with Gasteiger partial charge in [0.15, 0.2) is 0 Å². The van der Waals surface area contributed by atoms with Crippen LogP contribution in [0, 0.1) is 0 Å². The molecule has 0 N–H and O–H groups in total. The average Bonchev–Trinajstić information content (AvgIpc) is 2.46. The van der Waals surface area contributed by atoms with Gasteiger partial charge in [-0.1, -0.05) is 50.2 Å². The Kier molecular flexibility index (Phi) is 13.6. The lowest BCUT2D eigenvalue weighted by molar-refractivity contribution is 0.412. The van der Waals surface area contributed by atoms with Crippen LogP contribution in [0.2, 0.25) is 5.02 Å². The Morgan fingerprint density at radius 3 is 2.11 bits per heavy atom. The SMILES string of the molecule is C=C.C=C/C=C(\C)N(C)Cc1ccc(Cl)cc1.CC. The molecule has 1 aromatic rings. The number of rotatable bonds is 4. The van der Waals surface area contributed by atoms with Gasteiger partial charge in [-0.2, -0.15) is 0 Å². The van der Waals surface area contributed by atoms with Gasteiger partial charge < -0.3 is 4.90 Å². The second-order valence-corrected chi connectivity index (χ2v) is 3.96. The Bertz CT molecular complexity index is 365. The second kappa shape index (κ2) is 13.0. The lowest BCUT2D eigenvalue weighted by Crippen LogP contribution is -2.15. The van der Waals surface area contributed by atoms with Crippen LogP contribution in [-0.2, 0) is 6.54 Å². The van der Waals surface area contributed by atoms with Gasteiger partial charge in [-0.15, -0.1) is 13.2 Å². The molecule has 0 saturated heterocycles. The molecule has 19 heavy (non-hydrogen) atoms. The van der Waals surface area contributed by atoms with Gasteiger partial charge in [0.1, 0.15) is 0 Å². The Hall–Kier alpha value is -1.47. The van der Waals surface area contributed by atoms with Crippen molar-refractivity contribution in [1.29, 1.82) is 0 Å². The van der Waals surface area contributed by atoms with Gasteiger partial charge in [-0.25, -0.2) is 0 Å². The molecule has 1 aromatic carbocycles. The molecule has 0 saturated carbocycles. The van der Waals surface area contributed by atoms with E-state index in [1.54, 1.807) is 6.08 Å². The normalized spacial score (nSPS) is 9.42. The van der Waals surface area contributed by atoms with Crippen LogP contribution >= 0.6 is 11.6 Å². The van der Waals surface area contributed by atoms with Crippen molar-refractivity contribution >= 4 is 11.6 Å². The molecule has 1 rings (SSSR count). The van der Waals surface area contributed by atoms with Gasteiger partial charge in [0.25, 0.3) is 0 Å². The molecule has 0 radical (unpaired) electrons. The molecule has 0 fully saturated rings. The van der Waals surface area contributed by atoms with Gasteiger partial charge in [0, 0.05) is 24.3 Å². The van der Waals surface area contributed by atoms with Gasteiger partial charge in [-0.05, 0) is 30.7 Å². The number of nitrogens with zero attached hydrogens (tertiary/aromatic N) is 1. The fourth-order valence-electron chi connectivity index (χ4n) is 1.29. The van der Waals surface area contributed by atoms with Crippen molar-refractivity contribution in [3.05, 3.63) is 72.4 Å². The third kappa shape index (κ3) is 9.15. The highest BCUT2D eigenvalue weighted by molar-refractivity contribution is 6.30. The van der Waals surface area contributed by atoms with Crippen LogP contribution in [0.3, 0.4) is 0 Å². The second-order valence-electron chi connectivity index (χ2n) is 3.53. The van der Waals surface area contributed by atoms with Gasteiger partial charge in [0.2, 0.25) is 0 Å². The minimum atomic E-state index is 0.778. The molecule has 0 unspecified atom stereocenters. The maximum atomic E-state index is 5.82. The fourth-order valence-corrected chi connectivity index (χ4v) is 1.41. The summed E-state index contributed by atoms with van der Waals surface area (Å²) in [6.07, 6.45) is 3.80. The van der Waals surface area contributed by atoms with Crippen LogP contribution in [0.25, 0.3) is 0 Å². The molecule has 0 aliphatic rings. The van der Waals surface area contributed by atoms with Crippen molar-refractivity contribution in [2.45, 2.75) is 27.3 Å². The first kappa shape index (κ1) is 19.9. The zero-order chi connectivity index (χ0) is 15.3. The minimum Gasteiger partial charge on any atom is -0.374 e. The highest BCUT2D eigenvalue weighted by atomic mass is 35.5. The maximum absolute atomic E-state index is 5.82. The Labute approximate surface area is 123 Å². The van der Waals surface area contributed by atoms with E-state index in [0.717, 1.165) is 11.6 Å². The first-order valence-electron chi connectivity index (χ1n) is 6.38. The summed E-state index contributed by atoms with van der Waals surface area (Å²) < 4.78 is 0. The van der Waals surface area contributed by atoms with Crippen LogP contribution in [0.5, 0.6) is 0 Å². The molecule has 0 aliphatic heterocycles. The highest BCUT2D eigenvalue weighted by Crippen LogP contribution is 2.12. The molecule has 0 bridgehead atoms. The fraction of sp³-hybridized carbons (Fsp3) is 0.294. The molecule has 0 amide bonds. The highest BCUT2D eigenvalue weighted by Gasteiger charge is 1.99. The molecule has 0 aromatic heterocycles. The third-order valence-corrected chi connectivity index (χ3v) is 2.55. The van der Waals surface area contributed by atoms with Crippen LogP contribution in [0.15, 0.2) is 61.9 Å². The summed E-state index contributed by atoms with van der Waals surface area (Å²) in [6, 6.07) is 7.91. The van der Waals surface area contributed by atoms with E-state index < -0.39 is 0 Å². The summed E-state index contributed by atoms with van der Waals surface area (Å²) >= 11 is 5.82. The lowest BCUT2D eigenvalue weighted by atomic mass is 10.2. The zero-order valence-corrected chi connectivity index (χ0v) is 13.4. The van der Waals surface area contributed by atoms with Crippen molar-refractivity contribution < 1.29 is 0 Å². The summed E-state index contributed by atoms with van der Waals surface area (Å²) in [4.78, 5) is 2.17. The summed E-state index contributed by atoms with van der Waals surface area (Å²) in [5, 5.41) is 0.778. The monoisotopic (exact) mass is 279 g/mol. The van der Waals surface area contributed by atoms with E-state index >= 15 is 0 Å². The predicted octanol–water partition coefficient (Wildman–Crippen LogP) is 5.69. The van der Waals surface area contributed by atoms with Crippen molar-refractivity contribution in [1.82, 2.24) is 4.90 Å². The van der Waals surface area contributed by atoms with Crippen LogP contribution in [0.1, 0.15) is 26.3 Å². The maximum Gasteiger partial charge on any atom is 0.0423 e. The minimum absolute atomic E-state index is 0.778. The van der Waals surface area contributed by atoms with E-state index in [9.17, 15) is 0 Å². The Morgan fingerprint density at radius 2 is 1.68 bits per heavy atom. The quantitative estimate of drug-likeness (QED) is 0.505. The number of halogens is 1. The predicted molar refractivity (Wildman–Crippen MR) is 89.5 cm³/mol. The third-order valence-electron chi connectivity index (χ3n) is 2.29. The van der Waals surface area contributed by atoms with Crippen molar-refractivity contribution in [3.8, 4) is 0 Å². The molecule has 0 atom stereocenters. The van der Waals surface area contributed by atoms with Gasteiger partial charge in [0.05, 0.1) is 0 Å². The standard InChI is InChI=1S/C13H16ClN.C2H6.C2H4/c1-4-5-11(2)15(3)10-12-6-8-13(14)9-7-12;2*1-2/h4-9H,1,10H2,2-3H3;1-2H3;1-2H2/b11-5+;;.